The first kappa shape index (κ1) is 14.1. The maximum Gasteiger partial charge on any atom is 0.230 e. The van der Waals surface area contributed by atoms with E-state index >= 15 is 0 Å². The molecule has 0 saturated carbocycles. The lowest BCUT2D eigenvalue weighted by Crippen LogP contribution is -2.94. The van der Waals surface area contributed by atoms with Crippen LogP contribution in [0.2, 0.25) is 0 Å². The molecule has 0 fully saturated rings. The molecular formula is C11H15N3O4. The predicted octanol–water partition coefficient (Wildman–Crippen LogP) is -2.92. The number of carbonyl (C=O) groups is 2. The van der Waals surface area contributed by atoms with Crippen LogP contribution >= 0.6 is 0 Å². The number of amides is 1. The third kappa shape index (κ3) is 4.89. The van der Waals surface area contributed by atoms with Gasteiger partial charge in [-0.05, 0) is 12.1 Å². The van der Waals surface area contributed by atoms with Crippen molar-refractivity contribution in [3.05, 3.63) is 24.5 Å². The Morgan fingerprint density at radius 2 is 2.33 bits per heavy atom. The number of anilines is 1. The molecule has 1 aromatic heterocycles. The van der Waals surface area contributed by atoms with Crippen molar-refractivity contribution >= 4 is 17.6 Å². The summed E-state index contributed by atoms with van der Waals surface area (Å²) >= 11 is 0. The van der Waals surface area contributed by atoms with Gasteiger partial charge in [-0.1, -0.05) is 0 Å². The van der Waals surface area contributed by atoms with Crippen LogP contribution < -0.4 is 15.7 Å². The van der Waals surface area contributed by atoms with Gasteiger partial charge in [0.25, 0.3) is 0 Å². The summed E-state index contributed by atoms with van der Waals surface area (Å²) in [5.74, 6) is -1.77. The van der Waals surface area contributed by atoms with E-state index in [2.05, 4.69) is 10.3 Å². The van der Waals surface area contributed by atoms with E-state index in [1.54, 1.807) is 18.3 Å². The lowest BCUT2D eigenvalue weighted by atomic mass is 10.2. The molecule has 0 aromatic carbocycles. The molecule has 0 aliphatic rings. The maximum absolute atomic E-state index is 11.6. The zero-order chi connectivity index (χ0) is 13.4. The van der Waals surface area contributed by atoms with E-state index in [4.69, 9.17) is 5.11 Å². The number of quaternary nitrogens is 1. The lowest BCUT2D eigenvalue weighted by Gasteiger charge is -2.15. The summed E-state index contributed by atoms with van der Waals surface area (Å²) in [6.45, 7) is 0.0484. The number of aromatic nitrogens is 1. The number of carboxylic acids is 1. The van der Waals surface area contributed by atoms with Gasteiger partial charge >= 0.3 is 0 Å². The van der Waals surface area contributed by atoms with Crippen molar-refractivity contribution in [2.24, 2.45) is 0 Å². The Bertz CT molecular complexity index is 397. The molecule has 7 nitrogen and oxygen atoms in total. The van der Waals surface area contributed by atoms with Crippen molar-refractivity contribution in [1.29, 1.82) is 0 Å². The van der Waals surface area contributed by atoms with Gasteiger partial charge in [0.15, 0.2) is 0 Å². The van der Waals surface area contributed by atoms with Crippen LogP contribution in [0.3, 0.4) is 0 Å². The third-order valence-corrected chi connectivity index (χ3v) is 2.23. The number of nitrogens with two attached hydrogens (primary N) is 1. The highest BCUT2D eigenvalue weighted by atomic mass is 16.4. The predicted molar refractivity (Wildman–Crippen MR) is 60.2 cm³/mol. The van der Waals surface area contributed by atoms with E-state index in [9.17, 15) is 14.7 Å². The Balaban J connectivity index is 2.48. The van der Waals surface area contributed by atoms with Crippen LogP contribution in [0.4, 0.5) is 5.69 Å². The van der Waals surface area contributed by atoms with E-state index in [1.807, 2.05) is 0 Å². The van der Waals surface area contributed by atoms with E-state index in [0.29, 0.717) is 5.69 Å². The number of nitrogens with zero attached hydrogens (tertiary/aromatic N) is 1. The summed E-state index contributed by atoms with van der Waals surface area (Å²) in [5, 5.41) is 23.3. The number of hydrogen-bond donors (Lipinski definition) is 3. The molecule has 0 unspecified atom stereocenters. The summed E-state index contributed by atoms with van der Waals surface area (Å²) in [4.78, 5) is 26.2. The van der Waals surface area contributed by atoms with E-state index < -0.39 is 17.9 Å². The lowest BCUT2D eigenvalue weighted by molar-refractivity contribution is -0.683. The topological polar surface area (TPSA) is 119 Å². The second-order valence-corrected chi connectivity index (χ2v) is 3.67. The molecule has 1 heterocycles. The summed E-state index contributed by atoms with van der Waals surface area (Å²) in [6.07, 6.45) is 2.80. The van der Waals surface area contributed by atoms with Crippen LogP contribution in [0.25, 0.3) is 0 Å². The zero-order valence-corrected chi connectivity index (χ0v) is 9.70. The number of aliphatic hydroxyl groups is 1. The average Bonchev–Trinajstić information content (AvgIpc) is 2.35. The highest BCUT2D eigenvalue weighted by Gasteiger charge is 2.17. The zero-order valence-electron chi connectivity index (χ0n) is 9.70. The van der Waals surface area contributed by atoms with Crippen molar-refractivity contribution < 1.29 is 25.1 Å². The number of aliphatic carboxylic acids is 1. The van der Waals surface area contributed by atoms with Gasteiger partial charge in [0.2, 0.25) is 5.91 Å². The van der Waals surface area contributed by atoms with Gasteiger partial charge in [-0.25, -0.2) is 0 Å². The third-order valence-electron chi connectivity index (χ3n) is 2.23. The number of hydrogen-bond acceptors (Lipinski definition) is 5. The Kier molecular flexibility index (Phi) is 5.75. The van der Waals surface area contributed by atoms with Crippen LogP contribution in [-0.2, 0) is 9.59 Å². The average molecular weight is 253 g/mol. The van der Waals surface area contributed by atoms with Crippen molar-refractivity contribution in [2.75, 3.05) is 18.5 Å². The Morgan fingerprint density at radius 1 is 1.56 bits per heavy atom. The highest BCUT2D eigenvalue weighted by Crippen LogP contribution is 2.03. The van der Waals surface area contributed by atoms with Crippen LogP contribution in [0.1, 0.15) is 6.42 Å². The summed E-state index contributed by atoms with van der Waals surface area (Å²) < 4.78 is 0. The first-order valence-electron chi connectivity index (χ1n) is 5.48. The first-order chi connectivity index (χ1) is 8.63. The molecule has 0 saturated heterocycles. The van der Waals surface area contributed by atoms with E-state index in [0.717, 1.165) is 0 Å². The minimum absolute atomic E-state index is 0.159. The summed E-state index contributed by atoms with van der Waals surface area (Å²) in [7, 11) is 0. The van der Waals surface area contributed by atoms with Crippen molar-refractivity contribution in [2.45, 2.75) is 12.5 Å². The van der Waals surface area contributed by atoms with Gasteiger partial charge in [0, 0.05) is 6.20 Å². The minimum atomic E-state index is -1.33. The Hall–Kier alpha value is -1.99. The number of aliphatic hydroxyl groups excluding tert-OH is 1. The molecule has 0 radical (unpaired) electrons. The highest BCUT2D eigenvalue weighted by molar-refractivity contribution is 5.93. The molecule has 98 valence electrons. The first-order valence-corrected chi connectivity index (χ1v) is 5.48. The second-order valence-electron chi connectivity index (χ2n) is 3.67. The van der Waals surface area contributed by atoms with Gasteiger partial charge in [-0.15, -0.1) is 0 Å². The second kappa shape index (κ2) is 7.36. The summed E-state index contributed by atoms with van der Waals surface area (Å²) in [6, 6.07) is 2.30. The number of nitrogens with one attached hydrogen (secondary N) is 1. The molecule has 0 bridgehead atoms. The van der Waals surface area contributed by atoms with E-state index in [1.165, 1.54) is 11.5 Å². The molecule has 0 spiro atoms. The maximum atomic E-state index is 11.6. The number of rotatable bonds is 7. The fraction of sp³-hybridized carbons (Fsp3) is 0.364. The number of pyridine rings is 1. The standard InChI is InChI=1S/C11H15N3O4/c15-5-4-13-9(11(17)18)6-10(16)14-8-2-1-3-12-7-8/h1-3,7,9,13,15H,4-6H2,(H,14,16)(H,17,18)/t9-/m0/s1. The quantitative estimate of drug-likeness (QED) is 0.481. The molecule has 18 heavy (non-hydrogen) atoms. The largest absolute Gasteiger partial charge is 0.544 e. The molecule has 1 rings (SSSR count). The fourth-order valence-corrected chi connectivity index (χ4v) is 1.39. The van der Waals surface area contributed by atoms with Crippen LogP contribution in [0, 0.1) is 0 Å². The molecule has 7 heteroatoms. The number of carboxylic acid groups (broad SMARTS) is 1. The normalized spacial score (nSPS) is 11.8. The van der Waals surface area contributed by atoms with Gasteiger partial charge in [0.1, 0.15) is 6.04 Å². The Labute approximate surface area is 104 Å². The molecule has 1 atom stereocenters. The summed E-state index contributed by atoms with van der Waals surface area (Å²) in [5.41, 5.74) is 0.502. The number of carbonyl (C=O) groups excluding carboxylic acids is 2. The molecule has 0 aliphatic heterocycles. The van der Waals surface area contributed by atoms with Crippen LogP contribution in [-0.4, -0.2) is 41.2 Å². The van der Waals surface area contributed by atoms with Gasteiger partial charge in [0.05, 0.1) is 37.4 Å². The van der Waals surface area contributed by atoms with Gasteiger partial charge in [-0.2, -0.15) is 0 Å². The van der Waals surface area contributed by atoms with Gasteiger partial charge < -0.3 is 25.6 Å². The van der Waals surface area contributed by atoms with Crippen LogP contribution in [0.5, 0.6) is 0 Å². The van der Waals surface area contributed by atoms with Gasteiger partial charge in [-0.3, -0.25) is 9.78 Å². The van der Waals surface area contributed by atoms with Crippen LogP contribution in [0.15, 0.2) is 24.5 Å². The SMILES string of the molecule is O=C(C[C@H]([NH2+]CCO)C(=O)[O-])Nc1cccnc1. The molecule has 1 aromatic rings. The minimum Gasteiger partial charge on any atom is -0.544 e. The monoisotopic (exact) mass is 253 g/mol. The van der Waals surface area contributed by atoms with E-state index in [-0.39, 0.29) is 19.6 Å². The molecule has 4 N–H and O–H groups in total. The van der Waals surface area contributed by atoms with Crippen molar-refractivity contribution in [1.82, 2.24) is 4.98 Å². The molecule has 1 amide bonds. The smallest absolute Gasteiger partial charge is 0.230 e. The van der Waals surface area contributed by atoms with Crippen molar-refractivity contribution in [3.8, 4) is 0 Å². The molecule has 0 aliphatic carbocycles. The fourth-order valence-electron chi connectivity index (χ4n) is 1.39. The molecular weight excluding hydrogens is 238 g/mol. The Morgan fingerprint density at radius 3 is 2.89 bits per heavy atom. The van der Waals surface area contributed by atoms with Crippen molar-refractivity contribution in [3.63, 3.8) is 0 Å².